The van der Waals surface area contributed by atoms with Crippen molar-refractivity contribution in [3.05, 3.63) is 52.0 Å². The smallest absolute Gasteiger partial charge is 0.323 e. The molecule has 0 aliphatic heterocycles. The molecule has 0 heterocycles. The molecule has 0 aromatic heterocycles. The van der Waals surface area contributed by atoms with Gasteiger partial charge in [0.2, 0.25) is 0 Å². The van der Waals surface area contributed by atoms with Gasteiger partial charge >= 0.3 is 12.0 Å². The van der Waals surface area contributed by atoms with E-state index in [-0.39, 0.29) is 11.8 Å². The lowest BCUT2D eigenvalue weighted by atomic mass is 10.0. The van der Waals surface area contributed by atoms with Gasteiger partial charge in [-0.05, 0) is 60.1 Å². The number of halogens is 2. The molecule has 3 N–H and O–H groups in total. The molecule has 0 unspecified atom stereocenters. The average molecular weight is 492 g/mol. The van der Waals surface area contributed by atoms with Gasteiger partial charge in [-0.25, -0.2) is 4.79 Å². The van der Waals surface area contributed by atoms with Crippen LogP contribution in [0.25, 0.3) is 0 Å². The summed E-state index contributed by atoms with van der Waals surface area (Å²) in [5.74, 6) is -0.311. The van der Waals surface area contributed by atoms with Gasteiger partial charge in [-0.3, -0.25) is 4.79 Å². The van der Waals surface area contributed by atoms with Crippen LogP contribution in [0, 0.1) is 17.8 Å². The first-order valence-corrected chi connectivity index (χ1v) is 12.0. The highest BCUT2D eigenvalue weighted by atomic mass is 35.5. The van der Waals surface area contributed by atoms with Crippen LogP contribution >= 0.6 is 23.2 Å². The third-order valence-electron chi connectivity index (χ3n) is 5.49. The second-order valence-corrected chi connectivity index (χ2v) is 10.3. The van der Waals surface area contributed by atoms with Gasteiger partial charge in [0, 0.05) is 18.8 Å². The first-order chi connectivity index (χ1) is 15.5. The topological polar surface area (TPSA) is 81.7 Å². The number of carbonyl (C=O) groups is 2. The molecule has 0 spiro atoms. The summed E-state index contributed by atoms with van der Waals surface area (Å²) in [4.78, 5) is 26.5. The number of nitrogens with one attached hydrogen (secondary N) is 2. The van der Waals surface area contributed by atoms with Crippen molar-refractivity contribution in [2.45, 2.75) is 40.0 Å². The van der Waals surface area contributed by atoms with Crippen molar-refractivity contribution in [2.75, 3.05) is 28.6 Å². The zero-order valence-electron chi connectivity index (χ0n) is 19.4. The lowest BCUT2D eigenvalue weighted by molar-refractivity contribution is -0.138. The van der Waals surface area contributed by atoms with Gasteiger partial charge in [-0.1, -0.05) is 57.0 Å². The lowest BCUT2D eigenvalue weighted by Gasteiger charge is -2.30. The number of nitrogens with zero attached hydrogens (tertiary/aromatic N) is 1. The summed E-state index contributed by atoms with van der Waals surface area (Å²) in [5.41, 5.74) is 3.01. The number of hydrogen-bond donors (Lipinski definition) is 3. The molecule has 0 radical (unpaired) electrons. The number of carboxylic acid groups (broad SMARTS) is 1. The molecule has 2 atom stereocenters. The number of aliphatic carboxylic acids is 1. The van der Waals surface area contributed by atoms with E-state index in [1.54, 1.807) is 18.2 Å². The summed E-state index contributed by atoms with van der Waals surface area (Å²) < 4.78 is 0. The molecule has 1 saturated carbocycles. The van der Waals surface area contributed by atoms with Crippen molar-refractivity contribution in [3.63, 3.8) is 0 Å². The van der Waals surface area contributed by atoms with Crippen molar-refractivity contribution in [2.24, 2.45) is 17.8 Å². The number of hydrogen-bond acceptors (Lipinski definition) is 3. The van der Waals surface area contributed by atoms with E-state index in [9.17, 15) is 14.7 Å². The van der Waals surface area contributed by atoms with Crippen LogP contribution in [0.2, 0.25) is 10.0 Å². The molecule has 0 saturated heterocycles. The fraction of sp³-hybridized carbons (Fsp3) is 0.440. The van der Waals surface area contributed by atoms with E-state index in [1.807, 2.05) is 18.2 Å². The van der Waals surface area contributed by atoms with E-state index in [4.69, 9.17) is 23.2 Å². The highest BCUT2D eigenvalue weighted by Gasteiger charge is 2.44. The van der Waals surface area contributed by atoms with Crippen molar-refractivity contribution >= 4 is 52.3 Å². The Bertz CT molecular complexity index is 1020. The monoisotopic (exact) mass is 491 g/mol. The number of benzene rings is 2. The van der Waals surface area contributed by atoms with Gasteiger partial charge in [0.05, 0.1) is 27.3 Å². The number of carbonyl (C=O) groups excluding carboxylic acids is 1. The molecule has 2 amide bonds. The summed E-state index contributed by atoms with van der Waals surface area (Å²) in [6, 6.07) is 10.4. The minimum absolute atomic E-state index is 0.0288. The van der Waals surface area contributed by atoms with Crippen LogP contribution in [0.3, 0.4) is 0 Å². The fourth-order valence-electron chi connectivity index (χ4n) is 4.01. The quantitative estimate of drug-likeness (QED) is 0.354. The maximum Gasteiger partial charge on any atom is 0.323 e. The molecule has 2 aromatic carbocycles. The van der Waals surface area contributed by atoms with Gasteiger partial charge in [0.25, 0.3) is 0 Å². The van der Waals surface area contributed by atoms with Crippen molar-refractivity contribution in [1.29, 1.82) is 0 Å². The number of carboxylic acids is 1. The van der Waals surface area contributed by atoms with Crippen molar-refractivity contribution in [3.8, 4) is 0 Å². The van der Waals surface area contributed by atoms with E-state index >= 15 is 0 Å². The zero-order chi connectivity index (χ0) is 24.3. The van der Waals surface area contributed by atoms with Crippen LogP contribution in [0.1, 0.15) is 45.6 Å². The Balaban J connectivity index is 1.89. The van der Waals surface area contributed by atoms with E-state index in [1.165, 1.54) is 0 Å². The van der Waals surface area contributed by atoms with Gasteiger partial charge < -0.3 is 20.6 Å². The highest BCUT2D eigenvalue weighted by molar-refractivity contribution is 6.42. The van der Waals surface area contributed by atoms with Crippen molar-refractivity contribution in [1.82, 2.24) is 0 Å². The number of urea groups is 1. The molecule has 1 fully saturated rings. The Morgan fingerprint density at radius 1 is 1.00 bits per heavy atom. The lowest BCUT2D eigenvalue weighted by Crippen LogP contribution is -2.32. The summed E-state index contributed by atoms with van der Waals surface area (Å²) in [5, 5.41) is 15.9. The normalized spacial score (nSPS) is 17.2. The average Bonchev–Trinajstić information content (AvgIpc) is 3.51. The van der Waals surface area contributed by atoms with Gasteiger partial charge in [0.15, 0.2) is 0 Å². The first-order valence-electron chi connectivity index (χ1n) is 11.2. The Hall–Kier alpha value is -2.44. The van der Waals surface area contributed by atoms with Crippen LogP contribution in [0.5, 0.6) is 0 Å². The summed E-state index contributed by atoms with van der Waals surface area (Å²) in [7, 11) is 0. The Labute approximate surface area is 205 Å². The van der Waals surface area contributed by atoms with E-state index in [0.717, 1.165) is 24.3 Å². The summed E-state index contributed by atoms with van der Waals surface area (Å²) in [6.07, 6.45) is 0.616. The van der Waals surface area contributed by atoms with E-state index < -0.39 is 12.0 Å². The molecule has 178 valence electrons. The van der Waals surface area contributed by atoms with Crippen LogP contribution in [-0.2, 0) is 4.79 Å². The maximum absolute atomic E-state index is 12.9. The molecule has 33 heavy (non-hydrogen) atoms. The van der Waals surface area contributed by atoms with Crippen LogP contribution in [0.4, 0.5) is 21.9 Å². The zero-order valence-corrected chi connectivity index (χ0v) is 20.9. The predicted molar refractivity (Wildman–Crippen MR) is 136 cm³/mol. The van der Waals surface area contributed by atoms with E-state index in [0.29, 0.717) is 39.7 Å². The van der Waals surface area contributed by atoms with E-state index in [2.05, 4.69) is 43.2 Å². The van der Waals surface area contributed by atoms with Gasteiger partial charge in [0.1, 0.15) is 0 Å². The molecule has 1 aliphatic rings. The summed E-state index contributed by atoms with van der Waals surface area (Å²) >= 11 is 12.0. The molecule has 2 aromatic rings. The fourth-order valence-corrected chi connectivity index (χ4v) is 4.31. The minimum atomic E-state index is -0.780. The maximum atomic E-state index is 12.9. The number of anilines is 3. The highest BCUT2D eigenvalue weighted by Crippen LogP contribution is 2.49. The minimum Gasteiger partial charge on any atom is -0.481 e. The second kappa shape index (κ2) is 10.7. The Morgan fingerprint density at radius 3 is 2.21 bits per heavy atom. The number of rotatable bonds is 9. The molecular weight excluding hydrogens is 461 g/mol. The van der Waals surface area contributed by atoms with Gasteiger partial charge in [-0.2, -0.15) is 0 Å². The van der Waals surface area contributed by atoms with Gasteiger partial charge in [-0.15, -0.1) is 0 Å². The third-order valence-corrected chi connectivity index (χ3v) is 6.23. The number of amides is 2. The van der Waals surface area contributed by atoms with Crippen molar-refractivity contribution < 1.29 is 14.7 Å². The predicted octanol–water partition coefficient (Wildman–Crippen LogP) is 6.94. The SMILES string of the molecule is CC(C)CN(CC(C)C)c1ccc([C@H]2C[C@H]2C(=O)O)cc1NC(=O)Nc1ccc(Cl)c(Cl)c1. The first kappa shape index (κ1) is 25.2. The largest absolute Gasteiger partial charge is 0.481 e. The third kappa shape index (κ3) is 6.78. The molecular formula is C25H31Cl2N3O3. The van der Waals surface area contributed by atoms with Crippen LogP contribution in [-0.4, -0.2) is 30.2 Å². The summed E-state index contributed by atoms with van der Waals surface area (Å²) in [6.45, 7) is 10.3. The second-order valence-electron chi connectivity index (χ2n) is 9.46. The standard InChI is InChI=1S/C25H31Cl2N3O3/c1-14(2)12-30(13-15(3)4)23-8-5-16(18-11-19(18)24(31)32)9-22(23)29-25(33)28-17-6-7-20(26)21(27)10-17/h5-10,14-15,18-19H,11-13H2,1-4H3,(H,31,32)(H2,28,29,33)/t18-,19-/m1/s1. The Kier molecular flexibility index (Phi) is 8.14. The molecule has 0 bridgehead atoms. The van der Waals surface area contributed by atoms with Crippen LogP contribution < -0.4 is 15.5 Å². The van der Waals surface area contributed by atoms with Crippen LogP contribution in [0.15, 0.2) is 36.4 Å². The molecule has 3 rings (SSSR count). The molecule has 1 aliphatic carbocycles. The molecule has 6 nitrogen and oxygen atoms in total. The Morgan fingerprint density at radius 2 is 1.67 bits per heavy atom. The molecule has 8 heteroatoms.